The summed E-state index contributed by atoms with van der Waals surface area (Å²) in [7, 11) is 0. The molecule has 52 heavy (non-hydrogen) atoms. The zero-order valence-electron chi connectivity index (χ0n) is 35.9. The van der Waals surface area contributed by atoms with Gasteiger partial charge in [0, 0.05) is 0 Å². The molecule has 11 rings (SSSR count). The third-order valence-corrected chi connectivity index (χ3v) is 10.6. The van der Waals surface area contributed by atoms with Crippen molar-refractivity contribution in [3.8, 4) is 33.4 Å². The van der Waals surface area contributed by atoms with E-state index in [1.165, 1.54) is 10.8 Å². The van der Waals surface area contributed by atoms with Crippen molar-refractivity contribution in [1.82, 2.24) is 0 Å². The van der Waals surface area contributed by atoms with E-state index in [4.69, 9.17) is 5.48 Å². The first-order chi connectivity index (χ1) is 29.1. The van der Waals surface area contributed by atoms with Gasteiger partial charge in [0.25, 0.3) is 0 Å². The Morgan fingerprint density at radius 2 is 0.769 bits per heavy atom. The second-order valence-corrected chi connectivity index (χ2v) is 13.4. The number of rotatable bonds is 3. The lowest BCUT2D eigenvalue weighted by molar-refractivity contribution is 1.63. The van der Waals surface area contributed by atoms with Crippen LogP contribution in [0.4, 0.5) is 0 Å². The van der Waals surface area contributed by atoms with Gasteiger partial charge in [-0.15, -0.1) is 0 Å². The van der Waals surface area contributed by atoms with Crippen molar-refractivity contribution in [3.05, 3.63) is 194 Å². The van der Waals surface area contributed by atoms with Crippen molar-refractivity contribution in [2.24, 2.45) is 0 Å². The van der Waals surface area contributed by atoms with Crippen LogP contribution < -0.4 is 0 Å². The molecule has 0 bridgehead atoms. The van der Waals surface area contributed by atoms with Gasteiger partial charge >= 0.3 is 0 Å². The predicted octanol–water partition coefficient (Wildman–Crippen LogP) is 14.8. The smallest absolute Gasteiger partial charge is 0.0616 e. The first-order valence-corrected chi connectivity index (χ1v) is 17.4. The van der Waals surface area contributed by atoms with Gasteiger partial charge in [-0.05, 0) is 121 Å². The van der Waals surface area contributed by atoms with E-state index in [0.29, 0.717) is 22.3 Å². The fourth-order valence-electron chi connectivity index (χ4n) is 8.29. The van der Waals surface area contributed by atoms with Gasteiger partial charge in [0.2, 0.25) is 0 Å². The number of hydrogen-bond donors (Lipinski definition) is 0. The van der Waals surface area contributed by atoms with Crippen LogP contribution in [0.15, 0.2) is 194 Å². The van der Waals surface area contributed by atoms with Gasteiger partial charge in [-0.3, -0.25) is 0 Å². The minimum absolute atomic E-state index is 0.196. The minimum Gasteiger partial charge on any atom is -0.0616 e. The molecule has 0 aromatic heterocycles. The third kappa shape index (κ3) is 4.35. The van der Waals surface area contributed by atoms with Crippen LogP contribution in [0.5, 0.6) is 0 Å². The number of fused-ring (bicyclic) bond motifs is 10. The van der Waals surface area contributed by atoms with E-state index >= 15 is 0 Å². The predicted molar refractivity (Wildman–Crippen MR) is 225 cm³/mol. The van der Waals surface area contributed by atoms with E-state index in [2.05, 4.69) is 60.7 Å². The molecule has 0 atom stereocenters. The van der Waals surface area contributed by atoms with Gasteiger partial charge in [-0.1, -0.05) is 182 Å². The first-order valence-electron chi connectivity index (χ1n) is 21.4. The lowest BCUT2D eigenvalue weighted by Crippen LogP contribution is -1.92. The van der Waals surface area contributed by atoms with Crippen LogP contribution in [0.1, 0.15) is 11.0 Å². The first kappa shape index (κ1) is 22.1. The molecule has 0 aliphatic heterocycles. The molecule has 240 valence electrons. The summed E-state index contributed by atoms with van der Waals surface area (Å²) in [4.78, 5) is 0. The van der Waals surface area contributed by atoms with E-state index in [1.807, 2.05) is 84.9 Å². The maximum absolute atomic E-state index is 9.53. The molecule has 0 radical (unpaired) electrons. The standard InChI is InChI=1S/C52H32/c1-3-13-40-34(11-1)23-27-38-31-37(29-30-41(38)40)33-21-25-36(26-22-33)50-45-17-7-9-19-47(45)52(48-20-10-8-18-46(48)50)49-32-39-28-24-35-12-2-4-14-42(35)51(39)44-16-6-5-15-43(44)49/h1-32H/i7D,8D,9D,10D,17D,18D,19D,20D. The molecule has 0 spiro atoms. The largest absolute Gasteiger partial charge is 0.0629 e. The molecule has 11 aromatic carbocycles. The summed E-state index contributed by atoms with van der Waals surface area (Å²) < 4.78 is 73.7. The van der Waals surface area contributed by atoms with Gasteiger partial charge < -0.3 is 0 Å². The Kier molecular flexibility index (Phi) is 4.85. The SMILES string of the molecule is [2H]c1c([2H])c([2H])c2c(-c3cc4ccc5ccccc5c4c4ccccc34)c3c([2H])c([2H])c([2H])c([2H])c3c(-c3ccc(-c4ccc5c(ccc6ccccc65)c4)cc3)c2c1[2H]. The van der Waals surface area contributed by atoms with E-state index in [0.717, 1.165) is 54.2 Å². The third-order valence-electron chi connectivity index (χ3n) is 10.6. The molecule has 0 saturated heterocycles. The molecule has 0 aliphatic carbocycles. The van der Waals surface area contributed by atoms with Crippen molar-refractivity contribution in [1.29, 1.82) is 0 Å². The maximum atomic E-state index is 9.53. The highest BCUT2D eigenvalue weighted by atomic mass is 14.2. The molecule has 0 fully saturated rings. The van der Waals surface area contributed by atoms with Gasteiger partial charge in [0.15, 0.2) is 0 Å². The fraction of sp³-hybridized carbons (Fsp3) is 0. The lowest BCUT2D eigenvalue weighted by Gasteiger charge is -2.20. The van der Waals surface area contributed by atoms with Gasteiger partial charge in [-0.25, -0.2) is 0 Å². The van der Waals surface area contributed by atoms with Crippen LogP contribution in [-0.2, 0) is 0 Å². The van der Waals surface area contributed by atoms with Crippen LogP contribution in [0.2, 0.25) is 0 Å². The molecule has 0 heterocycles. The van der Waals surface area contributed by atoms with Crippen LogP contribution in [0.25, 0.3) is 109 Å². The van der Waals surface area contributed by atoms with Crippen LogP contribution >= 0.6 is 0 Å². The second-order valence-electron chi connectivity index (χ2n) is 13.4. The molecule has 11 aromatic rings. The normalized spacial score (nSPS) is 14.0. The lowest BCUT2D eigenvalue weighted by atomic mass is 9.83. The summed E-state index contributed by atoms with van der Waals surface area (Å²) in [6.07, 6.45) is 0. The van der Waals surface area contributed by atoms with Crippen LogP contribution in [-0.4, -0.2) is 0 Å². The minimum atomic E-state index is -0.421. The Morgan fingerprint density at radius 3 is 1.46 bits per heavy atom. The Hall–Kier alpha value is -6.76. The van der Waals surface area contributed by atoms with Crippen LogP contribution in [0, 0.1) is 0 Å². The second kappa shape index (κ2) is 11.4. The molecule has 0 saturated carbocycles. The molecule has 0 N–H and O–H groups in total. The van der Waals surface area contributed by atoms with Crippen molar-refractivity contribution in [2.45, 2.75) is 0 Å². The van der Waals surface area contributed by atoms with Gasteiger partial charge in [0.1, 0.15) is 0 Å². The zero-order valence-corrected chi connectivity index (χ0v) is 27.9. The zero-order chi connectivity index (χ0) is 41.1. The topological polar surface area (TPSA) is 0 Å². The highest BCUT2D eigenvalue weighted by Gasteiger charge is 2.19. The van der Waals surface area contributed by atoms with E-state index in [-0.39, 0.29) is 45.7 Å². The van der Waals surface area contributed by atoms with Crippen molar-refractivity contribution in [2.75, 3.05) is 0 Å². The Labute approximate surface area is 313 Å². The summed E-state index contributed by atoms with van der Waals surface area (Å²) in [5, 5.41) is 11.2. The van der Waals surface area contributed by atoms with Crippen LogP contribution in [0.3, 0.4) is 0 Å². The summed E-state index contributed by atoms with van der Waals surface area (Å²) in [6.45, 7) is 0. The Balaban J connectivity index is 1.25. The van der Waals surface area contributed by atoms with E-state index < -0.39 is 24.2 Å². The summed E-state index contributed by atoms with van der Waals surface area (Å²) >= 11 is 0. The molecule has 0 nitrogen and oxygen atoms in total. The molecule has 0 unspecified atom stereocenters. The van der Waals surface area contributed by atoms with Gasteiger partial charge in [-0.2, -0.15) is 0 Å². The molecular formula is C52H32. The van der Waals surface area contributed by atoms with E-state index in [1.54, 1.807) is 0 Å². The maximum Gasteiger partial charge on any atom is 0.0629 e. The summed E-state index contributed by atoms with van der Waals surface area (Å²) in [6, 6.07) is 46.0. The molecule has 0 aliphatic rings. The summed E-state index contributed by atoms with van der Waals surface area (Å²) in [5.74, 6) is 0. The van der Waals surface area contributed by atoms with Crippen molar-refractivity contribution in [3.63, 3.8) is 0 Å². The fourth-order valence-corrected chi connectivity index (χ4v) is 8.29. The number of benzene rings is 11. The molecule has 0 heteroatoms. The van der Waals surface area contributed by atoms with Crippen molar-refractivity contribution >= 4 is 75.4 Å². The molecular weight excluding hydrogens is 625 g/mol. The van der Waals surface area contributed by atoms with E-state index in [9.17, 15) is 5.48 Å². The Bertz CT molecular complexity index is 3600. The average Bonchev–Trinajstić information content (AvgIpc) is 3.29. The quantitative estimate of drug-likeness (QED) is 0.130. The van der Waals surface area contributed by atoms with Gasteiger partial charge in [0.05, 0.1) is 11.0 Å². The molecule has 0 amide bonds. The monoisotopic (exact) mass is 664 g/mol. The average molecular weight is 665 g/mol. The highest BCUT2D eigenvalue weighted by molar-refractivity contribution is 6.28. The number of hydrogen-bond acceptors (Lipinski definition) is 0. The van der Waals surface area contributed by atoms with Crippen molar-refractivity contribution < 1.29 is 11.0 Å². The Morgan fingerprint density at radius 1 is 0.288 bits per heavy atom. The highest BCUT2D eigenvalue weighted by Crippen LogP contribution is 2.47. The summed E-state index contributed by atoms with van der Waals surface area (Å²) in [5.41, 5.74) is 3.78.